The standard InChI is InChI=1S/C18H19ClN2O3/c1-11-4-3-5-15(17(11)20)18(23)24-10-16(22)21-12(2)13-6-8-14(19)9-7-13/h3-9,12H,10,20H2,1-2H3,(H,21,22)/t12-/m0/s1. The van der Waals surface area contributed by atoms with Crippen molar-refractivity contribution in [3.8, 4) is 0 Å². The van der Waals surface area contributed by atoms with E-state index >= 15 is 0 Å². The minimum atomic E-state index is -0.620. The van der Waals surface area contributed by atoms with E-state index < -0.39 is 11.9 Å². The summed E-state index contributed by atoms with van der Waals surface area (Å²) in [6, 6.07) is 12.0. The van der Waals surface area contributed by atoms with E-state index in [2.05, 4.69) is 5.32 Å². The summed E-state index contributed by atoms with van der Waals surface area (Å²) in [5, 5.41) is 3.38. The smallest absolute Gasteiger partial charge is 0.340 e. The van der Waals surface area contributed by atoms with Crippen LogP contribution in [0.5, 0.6) is 0 Å². The quantitative estimate of drug-likeness (QED) is 0.643. The van der Waals surface area contributed by atoms with Gasteiger partial charge in [-0.2, -0.15) is 0 Å². The zero-order valence-electron chi connectivity index (χ0n) is 13.5. The van der Waals surface area contributed by atoms with Crippen molar-refractivity contribution in [3.63, 3.8) is 0 Å². The van der Waals surface area contributed by atoms with Crippen LogP contribution in [0.2, 0.25) is 5.02 Å². The molecule has 0 aliphatic carbocycles. The molecule has 126 valence electrons. The monoisotopic (exact) mass is 346 g/mol. The fourth-order valence-electron chi connectivity index (χ4n) is 2.19. The van der Waals surface area contributed by atoms with Crippen LogP contribution in [-0.2, 0) is 9.53 Å². The van der Waals surface area contributed by atoms with Crippen molar-refractivity contribution in [2.45, 2.75) is 19.9 Å². The second kappa shape index (κ2) is 7.84. The lowest BCUT2D eigenvalue weighted by atomic mass is 10.1. The van der Waals surface area contributed by atoms with Crippen LogP contribution in [0.3, 0.4) is 0 Å². The minimum absolute atomic E-state index is 0.225. The number of hydrogen-bond acceptors (Lipinski definition) is 4. The van der Waals surface area contributed by atoms with Crippen molar-refractivity contribution >= 4 is 29.2 Å². The van der Waals surface area contributed by atoms with Gasteiger partial charge in [-0.3, -0.25) is 4.79 Å². The molecule has 2 aromatic carbocycles. The van der Waals surface area contributed by atoms with Crippen molar-refractivity contribution < 1.29 is 14.3 Å². The van der Waals surface area contributed by atoms with Crippen molar-refractivity contribution in [1.29, 1.82) is 0 Å². The molecule has 0 aliphatic heterocycles. The fourth-order valence-corrected chi connectivity index (χ4v) is 2.31. The van der Waals surface area contributed by atoms with E-state index in [0.717, 1.165) is 11.1 Å². The van der Waals surface area contributed by atoms with Gasteiger partial charge in [-0.05, 0) is 43.2 Å². The number of benzene rings is 2. The highest BCUT2D eigenvalue weighted by Crippen LogP contribution is 2.18. The number of para-hydroxylation sites is 1. The molecular formula is C18H19ClN2O3. The third-order valence-corrected chi connectivity index (χ3v) is 3.88. The van der Waals surface area contributed by atoms with Gasteiger partial charge < -0.3 is 15.8 Å². The Labute approximate surface area is 145 Å². The average molecular weight is 347 g/mol. The first-order valence-electron chi connectivity index (χ1n) is 7.45. The van der Waals surface area contributed by atoms with Gasteiger partial charge in [-0.15, -0.1) is 0 Å². The first-order valence-corrected chi connectivity index (χ1v) is 7.83. The lowest BCUT2D eigenvalue weighted by Crippen LogP contribution is -2.31. The van der Waals surface area contributed by atoms with Crippen LogP contribution in [0.4, 0.5) is 5.69 Å². The SMILES string of the molecule is Cc1cccc(C(=O)OCC(=O)N[C@@H](C)c2ccc(Cl)cc2)c1N. The molecule has 24 heavy (non-hydrogen) atoms. The molecule has 1 amide bonds. The van der Waals surface area contributed by atoms with E-state index in [1.165, 1.54) is 0 Å². The number of nitrogens with one attached hydrogen (secondary N) is 1. The second-order valence-electron chi connectivity index (χ2n) is 5.45. The lowest BCUT2D eigenvalue weighted by molar-refractivity contribution is -0.124. The minimum Gasteiger partial charge on any atom is -0.452 e. The van der Waals surface area contributed by atoms with E-state index in [0.29, 0.717) is 10.7 Å². The number of anilines is 1. The van der Waals surface area contributed by atoms with Crippen LogP contribution in [0.25, 0.3) is 0 Å². The molecule has 0 fully saturated rings. The van der Waals surface area contributed by atoms with Gasteiger partial charge in [0.15, 0.2) is 6.61 Å². The molecule has 0 radical (unpaired) electrons. The second-order valence-corrected chi connectivity index (χ2v) is 5.89. The van der Waals surface area contributed by atoms with E-state index in [1.54, 1.807) is 37.3 Å². The van der Waals surface area contributed by atoms with Crippen LogP contribution >= 0.6 is 11.6 Å². The number of nitrogen functional groups attached to an aromatic ring is 1. The van der Waals surface area contributed by atoms with Gasteiger partial charge in [0.2, 0.25) is 0 Å². The summed E-state index contributed by atoms with van der Waals surface area (Å²) in [6.45, 7) is 3.26. The largest absolute Gasteiger partial charge is 0.452 e. The van der Waals surface area contributed by atoms with E-state index in [-0.39, 0.29) is 18.2 Å². The van der Waals surface area contributed by atoms with Gasteiger partial charge in [-0.1, -0.05) is 35.9 Å². The number of carbonyl (C=O) groups excluding carboxylic acids is 2. The molecule has 0 aliphatic rings. The topological polar surface area (TPSA) is 81.4 Å². The summed E-state index contributed by atoms with van der Waals surface area (Å²) < 4.78 is 5.03. The Kier molecular flexibility index (Phi) is 5.82. The number of esters is 1. The molecule has 0 saturated heterocycles. The molecule has 0 unspecified atom stereocenters. The molecule has 0 aromatic heterocycles. The van der Waals surface area contributed by atoms with Gasteiger partial charge in [0, 0.05) is 10.7 Å². The van der Waals surface area contributed by atoms with E-state index in [9.17, 15) is 9.59 Å². The third kappa shape index (κ3) is 4.49. The van der Waals surface area contributed by atoms with Crippen molar-refractivity contribution in [3.05, 3.63) is 64.2 Å². The maximum absolute atomic E-state index is 12.0. The number of aryl methyl sites for hydroxylation is 1. The molecule has 5 nitrogen and oxygen atoms in total. The predicted molar refractivity (Wildman–Crippen MR) is 93.9 cm³/mol. The van der Waals surface area contributed by atoms with Gasteiger partial charge in [0.05, 0.1) is 11.6 Å². The first-order chi connectivity index (χ1) is 11.4. The number of amides is 1. The molecule has 0 heterocycles. The van der Waals surface area contributed by atoms with Crippen LogP contribution in [0.15, 0.2) is 42.5 Å². The summed E-state index contributed by atoms with van der Waals surface area (Å²) in [5.74, 6) is -1.01. The van der Waals surface area contributed by atoms with Crippen LogP contribution < -0.4 is 11.1 Å². The Morgan fingerprint density at radius 1 is 1.21 bits per heavy atom. The Bertz CT molecular complexity index is 744. The Morgan fingerprint density at radius 2 is 1.88 bits per heavy atom. The van der Waals surface area contributed by atoms with Crippen molar-refractivity contribution in [2.75, 3.05) is 12.3 Å². The van der Waals surface area contributed by atoms with Crippen LogP contribution in [0.1, 0.15) is 34.5 Å². The highest BCUT2D eigenvalue weighted by Gasteiger charge is 2.15. The molecule has 2 rings (SSSR count). The Balaban J connectivity index is 1.89. The maximum Gasteiger partial charge on any atom is 0.340 e. The molecular weight excluding hydrogens is 328 g/mol. The summed E-state index contributed by atoms with van der Waals surface area (Å²) >= 11 is 5.83. The van der Waals surface area contributed by atoms with Gasteiger partial charge in [0.25, 0.3) is 5.91 Å². The summed E-state index contributed by atoms with van der Waals surface area (Å²) in [6.07, 6.45) is 0. The molecule has 0 saturated carbocycles. The first kappa shape index (κ1) is 17.8. The maximum atomic E-state index is 12.0. The lowest BCUT2D eigenvalue weighted by Gasteiger charge is -2.15. The Hall–Kier alpha value is -2.53. The summed E-state index contributed by atoms with van der Waals surface area (Å²) in [7, 11) is 0. The number of hydrogen-bond donors (Lipinski definition) is 2. The fraction of sp³-hybridized carbons (Fsp3) is 0.222. The summed E-state index contributed by atoms with van der Waals surface area (Å²) in [4.78, 5) is 24.0. The van der Waals surface area contributed by atoms with Crippen molar-refractivity contribution in [2.24, 2.45) is 0 Å². The number of carbonyl (C=O) groups is 2. The van der Waals surface area contributed by atoms with Gasteiger partial charge in [0.1, 0.15) is 0 Å². The van der Waals surface area contributed by atoms with Crippen LogP contribution in [0, 0.1) is 6.92 Å². The van der Waals surface area contributed by atoms with E-state index in [4.69, 9.17) is 22.1 Å². The zero-order valence-corrected chi connectivity index (χ0v) is 14.3. The average Bonchev–Trinajstić information content (AvgIpc) is 2.55. The molecule has 3 N–H and O–H groups in total. The van der Waals surface area contributed by atoms with Crippen LogP contribution in [-0.4, -0.2) is 18.5 Å². The predicted octanol–water partition coefficient (Wildman–Crippen LogP) is 3.26. The van der Waals surface area contributed by atoms with Gasteiger partial charge >= 0.3 is 5.97 Å². The summed E-state index contributed by atoms with van der Waals surface area (Å²) in [5.41, 5.74) is 8.15. The normalized spacial score (nSPS) is 11.6. The number of ether oxygens (including phenoxy) is 1. The number of halogens is 1. The Morgan fingerprint density at radius 3 is 2.54 bits per heavy atom. The highest BCUT2D eigenvalue weighted by molar-refractivity contribution is 6.30. The third-order valence-electron chi connectivity index (χ3n) is 3.63. The molecule has 1 atom stereocenters. The van der Waals surface area contributed by atoms with Gasteiger partial charge in [-0.25, -0.2) is 4.79 Å². The molecule has 0 bridgehead atoms. The zero-order chi connectivity index (χ0) is 17.7. The number of rotatable bonds is 5. The van der Waals surface area contributed by atoms with Crippen molar-refractivity contribution in [1.82, 2.24) is 5.32 Å². The molecule has 2 aromatic rings. The number of nitrogens with two attached hydrogens (primary N) is 1. The molecule has 6 heteroatoms. The highest BCUT2D eigenvalue weighted by atomic mass is 35.5. The van der Waals surface area contributed by atoms with E-state index in [1.807, 2.05) is 19.1 Å². The molecule has 0 spiro atoms.